The second-order valence-electron chi connectivity index (χ2n) is 3.29. The quantitative estimate of drug-likeness (QED) is 0.530. The van der Waals surface area contributed by atoms with Gasteiger partial charge < -0.3 is 9.84 Å². The fourth-order valence-corrected chi connectivity index (χ4v) is 1.84. The Hall–Kier alpha value is 0.137. The first-order chi connectivity index (χ1) is 4.65. The van der Waals surface area contributed by atoms with Crippen molar-refractivity contribution in [3.05, 3.63) is 0 Å². The molecule has 1 aliphatic heterocycles. The van der Waals surface area contributed by atoms with Crippen LogP contribution in [0.15, 0.2) is 0 Å². The molecule has 2 atom stereocenters. The summed E-state index contributed by atoms with van der Waals surface area (Å²) in [6.07, 6.45) is 3.15. The van der Waals surface area contributed by atoms with Crippen molar-refractivity contribution in [1.29, 1.82) is 0 Å². The second-order valence-corrected chi connectivity index (χ2v) is 4.99. The summed E-state index contributed by atoms with van der Waals surface area (Å²) >= 11 is 0. The van der Waals surface area contributed by atoms with Gasteiger partial charge in [-0.3, -0.25) is 0 Å². The van der Waals surface area contributed by atoms with Crippen molar-refractivity contribution in [2.45, 2.75) is 37.5 Å². The molecule has 0 bridgehead atoms. The Morgan fingerprint density at radius 3 is 2.60 bits per heavy atom. The van der Waals surface area contributed by atoms with Crippen molar-refractivity contribution in [3.63, 3.8) is 0 Å². The van der Waals surface area contributed by atoms with Crippen LogP contribution in [0, 0.1) is 0 Å². The van der Waals surface area contributed by atoms with E-state index in [1.165, 1.54) is 6.42 Å². The van der Waals surface area contributed by atoms with Gasteiger partial charge in [0.1, 0.15) is 0 Å². The number of ether oxygens (including phenoxy) is 1. The maximum atomic E-state index is 9.35. The minimum atomic E-state index is -0.278. The molecule has 1 rings (SSSR count). The lowest BCUT2D eigenvalue weighted by atomic mass is 10.0. The van der Waals surface area contributed by atoms with Gasteiger partial charge in [-0.1, -0.05) is 0 Å². The molecular formula is C7H16O2Si. The molecule has 60 valence electrons. The van der Waals surface area contributed by atoms with Crippen molar-refractivity contribution in [3.8, 4) is 0 Å². The van der Waals surface area contributed by atoms with Crippen molar-refractivity contribution >= 4 is 10.2 Å². The molecule has 0 saturated carbocycles. The zero-order valence-corrected chi connectivity index (χ0v) is 8.76. The average molecular weight is 160 g/mol. The van der Waals surface area contributed by atoms with Gasteiger partial charge in [0, 0.05) is 16.8 Å². The molecule has 1 aliphatic rings. The van der Waals surface area contributed by atoms with Crippen molar-refractivity contribution in [2.24, 2.45) is 0 Å². The highest BCUT2D eigenvalue weighted by Gasteiger charge is 2.32. The summed E-state index contributed by atoms with van der Waals surface area (Å²) in [5.41, 5.74) is 0. The van der Waals surface area contributed by atoms with Gasteiger partial charge in [-0.25, -0.2) is 0 Å². The van der Waals surface area contributed by atoms with Gasteiger partial charge in [0.15, 0.2) is 0 Å². The largest absolute Gasteiger partial charge is 0.391 e. The van der Waals surface area contributed by atoms with Crippen LogP contribution in [0.5, 0.6) is 0 Å². The Kier molecular flexibility index (Phi) is 2.49. The van der Waals surface area contributed by atoms with Gasteiger partial charge in [0.25, 0.3) is 0 Å². The van der Waals surface area contributed by atoms with E-state index >= 15 is 0 Å². The number of rotatable bonds is 1. The smallest absolute Gasteiger partial charge is 0.0761 e. The van der Waals surface area contributed by atoms with Crippen molar-refractivity contribution in [2.75, 3.05) is 6.61 Å². The third-order valence-electron chi connectivity index (χ3n) is 2.38. The normalized spacial score (nSPS) is 37.8. The first-order valence-corrected chi connectivity index (χ1v) is 4.97. The van der Waals surface area contributed by atoms with Gasteiger partial charge in [0.2, 0.25) is 0 Å². The molecule has 0 aliphatic carbocycles. The third kappa shape index (κ3) is 1.59. The van der Waals surface area contributed by atoms with E-state index in [1.54, 1.807) is 0 Å². The van der Waals surface area contributed by atoms with Crippen LogP contribution in [0.4, 0.5) is 0 Å². The van der Waals surface area contributed by atoms with E-state index in [1.807, 2.05) is 6.92 Å². The molecule has 0 amide bonds. The van der Waals surface area contributed by atoms with Crippen LogP contribution in [0.1, 0.15) is 26.2 Å². The van der Waals surface area contributed by atoms with E-state index in [9.17, 15) is 5.11 Å². The monoisotopic (exact) mass is 160 g/mol. The standard InChI is InChI=1S/C7H16O2Si/c1-6(8)7(10)4-2-3-5-9-7/h6,8H,2-5H2,1,10H3. The Balaban J connectivity index is 2.48. The molecule has 1 heterocycles. The fourth-order valence-electron chi connectivity index (χ4n) is 1.29. The predicted molar refractivity (Wildman–Crippen MR) is 44.2 cm³/mol. The third-order valence-corrected chi connectivity index (χ3v) is 4.01. The van der Waals surface area contributed by atoms with Crippen LogP contribution < -0.4 is 0 Å². The topological polar surface area (TPSA) is 29.5 Å². The van der Waals surface area contributed by atoms with E-state index in [0.29, 0.717) is 0 Å². The van der Waals surface area contributed by atoms with Gasteiger partial charge in [-0.15, -0.1) is 0 Å². The second kappa shape index (κ2) is 3.03. The summed E-state index contributed by atoms with van der Waals surface area (Å²) in [4.78, 5) is 0. The molecule has 1 fully saturated rings. The van der Waals surface area contributed by atoms with E-state index < -0.39 is 0 Å². The molecule has 3 heteroatoms. The molecule has 0 aromatic rings. The molecule has 1 N–H and O–H groups in total. The fraction of sp³-hybridized carbons (Fsp3) is 1.00. The average Bonchev–Trinajstić information content (AvgIpc) is 1.89. The Labute approximate surface area is 65.0 Å². The summed E-state index contributed by atoms with van der Waals surface area (Å²) in [5, 5.41) is 9.22. The van der Waals surface area contributed by atoms with Crippen molar-refractivity contribution < 1.29 is 9.84 Å². The highest BCUT2D eigenvalue weighted by atomic mass is 28.1. The zero-order chi connectivity index (χ0) is 7.61. The van der Waals surface area contributed by atoms with Crippen LogP contribution in [0.3, 0.4) is 0 Å². The van der Waals surface area contributed by atoms with Gasteiger partial charge >= 0.3 is 0 Å². The maximum Gasteiger partial charge on any atom is 0.0761 e. The molecule has 0 aromatic heterocycles. The Morgan fingerprint density at radius 2 is 2.30 bits per heavy atom. The van der Waals surface area contributed by atoms with Crippen LogP contribution in [0.25, 0.3) is 0 Å². The lowest BCUT2D eigenvalue weighted by Gasteiger charge is -2.36. The van der Waals surface area contributed by atoms with E-state index in [-0.39, 0.29) is 11.3 Å². The van der Waals surface area contributed by atoms with Gasteiger partial charge in [0.05, 0.1) is 11.3 Å². The molecule has 2 nitrogen and oxygen atoms in total. The van der Waals surface area contributed by atoms with Crippen LogP contribution in [0.2, 0.25) is 0 Å². The predicted octanol–water partition coefficient (Wildman–Crippen LogP) is -0.371. The molecule has 10 heavy (non-hydrogen) atoms. The number of aliphatic hydroxyl groups excluding tert-OH is 1. The highest BCUT2D eigenvalue weighted by Crippen LogP contribution is 2.24. The molecular weight excluding hydrogens is 144 g/mol. The SMILES string of the molecule is CC(O)C1([SiH3])CCCCO1. The molecule has 2 unspecified atom stereocenters. The Morgan fingerprint density at radius 1 is 1.60 bits per heavy atom. The summed E-state index contributed by atoms with van der Waals surface area (Å²) in [5.74, 6) is 0. The van der Waals surface area contributed by atoms with Gasteiger partial charge in [-0.2, -0.15) is 0 Å². The minimum absolute atomic E-state index is 0.127. The van der Waals surface area contributed by atoms with Crippen LogP contribution >= 0.6 is 0 Å². The summed E-state index contributed by atoms with van der Waals surface area (Å²) in [6.45, 7) is 2.67. The first-order valence-electron chi connectivity index (χ1n) is 3.97. The summed E-state index contributed by atoms with van der Waals surface area (Å²) < 4.78 is 5.54. The van der Waals surface area contributed by atoms with Crippen LogP contribution in [-0.4, -0.2) is 33.3 Å². The molecule has 0 aromatic carbocycles. The minimum Gasteiger partial charge on any atom is -0.391 e. The summed E-state index contributed by atoms with van der Waals surface area (Å²) in [6, 6.07) is 0. The molecule has 0 spiro atoms. The molecule has 1 saturated heterocycles. The maximum absolute atomic E-state index is 9.35. The Bertz CT molecular complexity index is 108. The van der Waals surface area contributed by atoms with Gasteiger partial charge in [-0.05, 0) is 26.2 Å². The number of hydrogen-bond acceptors (Lipinski definition) is 2. The summed E-state index contributed by atoms with van der Waals surface area (Å²) in [7, 11) is 0.942. The number of aliphatic hydroxyl groups is 1. The van der Waals surface area contributed by atoms with Crippen molar-refractivity contribution in [1.82, 2.24) is 0 Å². The zero-order valence-electron chi connectivity index (χ0n) is 6.76. The highest BCUT2D eigenvalue weighted by molar-refractivity contribution is 6.15. The lowest BCUT2D eigenvalue weighted by Crippen LogP contribution is -2.46. The lowest BCUT2D eigenvalue weighted by molar-refractivity contribution is -0.0861. The molecule has 0 radical (unpaired) electrons. The van der Waals surface area contributed by atoms with Crippen LogP contribution in [-0.2, 0) is 4.74 Å². The van der Waals surface area contributed by atoms with E-state index in [4.69, 9.17) is 4.74 Å². The first kappa shape index (κ1) is 8.24. The number of hydrogen-bond donors (Lipinski definition) is 1. The van der Waals surface area contributed by atoms with E-state index in [2.05, 4.69) is 0 Å². The van der Waals surface area contributed by atoms with E-state index in [0.717, 1.165) is 29.7 Å².